The number of aliphatic hydroxyl groups is 1. The molecular weight excluding hydrogens is 180 g/mol. The van der Waals surface area contributed by atoms with Crippen LogP contribution in [0.2, 0.25) is 0 Å². The van der Waals surface area contributed by atoms with Crippen LogP contribution < -0.4 is 5.73 Å². The van der Waals surface area contributed by atoms with E-state index in [1.165, 1.54) is 0 Å². The molecule has 0 bridgehead atoms. The van der Waals surface area contributed by atoms with Crippen LogP contribution in [0.1, 0.15) is 27.2 Å². The number of rotatable bonds is 2. The first-order valence-electron chi connectivity index (χ1n) is 5.02. The van der Waals surface area contributed by atoms with Gasteiger partial charge in [-0.15, -0.1) is 0 Å². The molecule has 1 aliphatic heterocycles. The van der Waals surface area contributed by atoms with Crippen LogP contribution in [0.3, 0.4) is 0 Å². The van der Waals surface area contributed by atoms with Gasteiger partial charge >= 0.3 is 0 Å². The highest BCUT2D eigenvalue weighted by atomic mass is 16.3. The summed E-state index contributed by atoms with van der Waals surface area (Å²) in [6.07, 6.45) is 0.0424. The predicted molar refractivity (Wildman–Crippen MR) is 54.6 cm³/mol. The van der Waals surface area contributed by atoms with Gasteiger partial charge in [0.2, 0.25) is 5.91 Å². The number of nitrogens with zero attached hydrogens (tertiary/aromatic N) is 1. The molecule has 0 aromatic rings. The van der Waals surface area contributed by atoms with E-state index in [4.69, 9.17) is 10.8 Å². The Morgan fingerprint density at radius 1 is 1.57 bits per heavy atom. The van der Waals surface area contributed by atoms with Gasteiger partial charge in [-0.25, -0.2) is 0 Å². The third-order valence-electron chi connectivity index (χ3n) is 2.72. The van der Waals surface area contributed by atoms with Gasteiger partial charge < -0.3 is 15.7 Å². The topological polar surface area (TPSA) is 66.6 Å². The summed E-state index contributed by atoms with van der Waals surface area (Å²) in [6.45, 7) is 7.01. The van der Waals surface area contributed by atoms with Gasteiger partial charge in [0.25, 0.3) is 0 Å². The summed E-state index contributed by atoms with van der Waals surface area (Å²) in [5.74, 6) is 0.0534. The van der Waals surface area contributed by atoms with Crippen LogP contribution in [0.4, 0.5) is 0 Å². The molecule has 4 heteroatoms. The van der Waals surface area contributed by atoms with Crippen molar-refractivity contribution in [3.63, 3.8) is 0 Å². The van der Waals surface area contributed by atoms with E-state index in [1.807, 2.05) is 20.8 Å². The van der Waals surface area contributed by atoms with Crippen molar-refractivity contribution < 1.29 is 9.90 Å². The first kappa shape index (κ1) is 11.5. The molecular formula is C10H20N2O2. The minimum Gasteiger partial charge on any atom is -0.389 e. The molecule has 1 atom stereocenters. The quantitative estimate of drug-likeness (QED) is 0.657. The Morgan fingerprint density at radius 2 is 2.07 bits per heavy atom. The molecule has 14 heavy (non-hydrogen) atoms. The molecule has 1 amide bonds. The lowest BCUT2D eigenvalue weighted by Gasteiger charge is -2.37. The van der Waals surface area contributed by atoms with E-state index in [1.54, 1.807) is 4.90 Å². The monoisotopic (exact) mass is 200 g/mol. The van der Waals surface area contributed by atoms with Gasteiger partial charge in [-0.05, 0) is 5.41 Å². The van der Waals surface area contributed by atoms with Crippen LogP contribution >= 0.6 is 0 Å². The number of amides is 1. The van der Waals surface area contributed by atoms with Crippen molar-refractivity contribution in [3.8, 4) is 0 Å². The molecule has 0 aliphatic carbocycles. The molecule has 1 unspecified atom stereocenters. The second-order valence-electron chi connectivity index (χ2n) is 5.13. The van der Waals surface area contributed by atoms with E-state index in [9.17, 15) is 4.79 Å². The van der Waals surface area contributed by atoms with Gasteiger partial charge in [0.05, 0.1) is 6.10 Å². The zero-order valence-electron chi connectivity index (χ0n) is 9.16. The maximum Gasteiger partial charge on any atom is 0.224 e. The molecule has 0 spiro atoms. The van der Waals surface area contributed by atoms with E-state index in [-0.39, 0.29) is 23.5 Å². The maximum absolute atomic E-state index is 11.6. The fourth-order valence-corrected chi connectivity index (χ4v) is 1.28. The van der Waals surface area contributed by atoms with E-state index < -0.39 is 0 Å². The highest BCUT2D eigenvalue weighted by molar-refractivity contribution is 5.77. The highest BCUT2D eigenvalue weighted by Crippen LogP contribution is 2.21. The number of hydrogen-bond donors (Lipinski definition) is 2. The van der Waals surface area contributed by atoms with Crippen LogP contribution in [0, 0.1) is 5.41 Å². The molecule has 1 heterocycles. The van der Waals surface area contributed by atoms with Crippen molar-refractivity contribution in [2.24, 2.45) is 11.1 Å². The average Bonchev–Trinajstić information content (AvgIpc) is 1.96. The third kappa shape index (κ3) is 2.69. The minimum atomic E-state index is -0.329. The van der Waals surface area contributed by atoms with Crippen molar-refractivity contribution in [2.75, 3.05) is 13.1 Å². The summed E-state index contributed by atoms with van der Waals surface area (Å²) >= 11 is 0. The number of hydrogen-bond acceptors (Lipinski definition) is 3. The molecule has 0 aromatic carbocycles. The standard InChI is InChI=1S/C10H20N2O2/c1-10(2,3)8(11)4-9(14)12-5-7(13)6-12/h7-8,13H,4-6,11H2,1-3H3. The second-order valence-corrected chi connectivity index (χ2v) is 5.13. The van der Waals surface area contributed by atoms with Crippen molar-refractivity contribution >= 4 is 5.91 Å². The Morgan fingerprint density at radius 3 is 2.43 bits per heavy atom. The molecule has 1 aliphatic rings. The first-order valence-corrected chi connectivity index (χ1v) is 5.02. The van der Waals surface area contributed by atoms with E-state index in [0.717, 1.165) is 0 Å². The third-order valence-corrected chi connectivity index (χ3v) is 2.72. The van der Waals surface area contributed by atoms with Crippen LogP contribution in [-0.4, -0.2) is 41.1 Å². The molecule has 1 saturated heterocycles. The molecule has 3 N–H and O–H groups in total. The van der Waals surface area contributed by atoms with E-state index in [0.29, 0.717) is 19.5 Å². The van der Waals surface area contributed by atoms with E-state index in [2.05, 4.69) is 0 Å². The smallest absolute Gasteiger partial charge is 0.224 e. The Labute approximate surface area is 85.1 Å². The normalized spacial score (nSPS) is 20.5. The average molecular weight is 200 g/mol. The van der Waals surface area contributed by atoms with Gasteiger partial charge in [-0.1, -0.05) is 20.8 Å². The summed E-state index contributed by atoms with van der Waals surface area (Å²) in [6, 6.07) is -0.118. The first-order chi connectivity index (χ1) is 6.30. The Hall–Kier alpha value is -0.610. The molecule has 4 nitrogen and oxygen atoms in total. The summed E-state index contributed by atoms with van der Waals surface area (Å²) < 4.78 is 0. The minimum absolute atomic E-state index is 0.0425. The molecule has 82 valence electrons. The largest absolute Gasteiger partial charge is 0.389 e. The fourth-order valence-electron chi connectivity index (χ4n) is 1.28. The summed E-state index contributed by atoms with van der Waals surface area (Å²) in [5.41, 5.74) is 5.85. The van der Waals surface area contributed by atoms with Crippen LogP contribution in [0.15, 0.2) is 0 Å². The summed E-state index contributed by atoms with van der Waals surface area (Å²) in [4.78, 5) is 13.2. The highest BCUT2D eigenvalue weighted by Gasteiger charge is 2.31. The predicted octanol–water partition coefficient (Wildman–Crippen LogP) is -0.0470. The van der Waals surface area contributed by atoms with Gasteiger partial charge in [0.15, 0.2) is 0 Å². The summed E-state index contributed by atoms with van der Waals surface area (Å²) in [7, 11) is 0. The Kier molecular flexibility index (Phi) is 3.17. The van der Waals surface area contributed by atoms with Gasteiger partial charge in [0, 0.05) is 25.6 Å². The second kappa shape index (κ2) is 3.87. The molecule has 1 rings (SSSR count). The molecule has 0 aromatic heterocycles. The Balaban J connectivity index is 2.34. The van der Waals surface area contributed by atoms with E-state index >= 15 is 0 Å². The number of carbonyl (C=O) groups is 1. The van der Waals surface area contributed by atoms with Crippen molar-refractivity contribution in [1.29, 1.82) is 0 Å². The van der Waals surface area contributed by atoms with Crippen molar-refractivity contribution in [3.05, 3.63) is 0 Å². The van der Waals surface area contributed by atoms with Crippen LogP contribution in [-0.2, 0) is 4.79 Å². The van der Waals surface area contributed by atoms with Gasteiger partial charge in [-0.2, -0.15) is 0 Å². The number of β-amino-alcohol motifs (C(OH)–C–C–N with tert-alkyl or cyclic N) is 1. The molecule has 1 fully saturated rings. The lowest BCUT2D eigenvalue weighted by Crippen LogP contribution is -2.55. The number of likely N-dealkylation sites (tertiary alicyclic amines) is 1. The maximum atomic E-state index is 11.6. The van der Waals surface area contributed by atoms with Crippen molar-refractivity contribution in [1.82, 2.24) is 4.90 Å². The lowest BCUT2D eigenvalue weighted by molar-refractivity contribution is -0.142. The fraction of sp³-hybridized carbons (Fsp3) is 0.900. The van der Waals surface area contributed by atoms with Crippen LogP contribution in [0.5, 0.6) is 0 Å². The molecule has 0 saturated carbocycles. The van der Waals surface area contributed by atoms with Gasteiger partial charge in [-0.3, -0.25) is 4.79 Å². The molecule has 0 radical (unpaired) electrons. The zero-order valence-corrected chi connectivity index (χ0v) is 9.16. The van der Waals surface area contributed by atoms with Crippen LogP contribution in [0.25, 0.3) is 0 Å². The SMILES string of the molecule is CC(C)(C)C(N)CC(=O)N1CC(O)C1. The lowest BCUT2D eigenvalue weighted by atomic mass is 9.85. The number of aliphatic hydroxyl groups excluding tert-OH is 1. The summed E-state index contributed by atoms with van der Waals surface area (Å²) in [5, 5.41) is 9.04. The van der Waals surface area contributed by atoms with Gasteiger partial charge in [0.1, 0.15) is 0 Å². The zero-order chi connectivity index (χ0) is 10.9. The number of carbonyl (C=O) groups excluding carboxylic acids is 1. The number of nitrogens with two attached hydrogens (primary N) is 1. The van der Waals surface area contributed by atoms with Crippen molar-refractivity contribution in [2.45, 2.75) is 39.3 Å². The Bertz CT molecular complexity index is 217.